The van der Waals surface area contributed by atoms with Crippen molar-refractivity contribution in [3.63, 3.8) is 0 Å². The van der Waals surface area contributed by atoms with Gasteiger partial charge in [0.25, 0.3) is 5.56 Å². The first-order chi connectivity index (χ1) is 11.8. The predicted molar refractivity (Wildman–Crippen MR) is 100 cm³/mol. The highest BCUT2D eigenvalue weighted by atomic mass is 32.2. The molecule has 0 spiro atoms. The zero-order valence-corrected chi connectivity index (χ0v) is 14.8. The summed E-state index contributed by atoms with van der Waals surface area (Å²) in [6, 6.07) is 9.82. The van der Waals surface area contributed by atoms with Crippen LogP contribution in [0.5, 0.6) is 0 Å². The van der Waals surface area contributed by atoms with E-state index in [2.05, 4.69) is 45.4 Å². The predicted octanol–water partition coefficient (Wildman–Crippen LogP) is 4.07. The summed E-state index contributed by atoms with van der Waals surface area (Å²) in [5.74, 6) is 1.04. The number of hydrogen-bond acceptors (Lipinski definition) is 6. The third-order valence-corrected chi connectivity index (χ3v) is 6.42. The first-order valence-corrected chi connectivity index (χ1v) is 9.97. The van der Waals surface area contributed by atoms with Crippen LogP contribution in [0.4, 0.5) is 10.8 Å². The lowest BCUT2D eigenvalue weighted by Gasteiger charge is -2.09. The fourth-order valence-corrected chi connectivity index (χ4v) is 5.00. The van der Waals surface area contributed by atoms with Gasteiger partial charge in [0.15, 0.2) is 0 Å². The van der Waals surface area contributed by atoms with Crippen LogP contribution in [0.3, 0.4) is 0 Å². The van der Waals surface area contributed by atoms with Crippen molar-refractivity contribution in [1.29, 1.82) is 0 Å². The highest BCUT2D eigenvalue weighted by molar-refractivity contribution is 7.99. The molecular formula is C17H18N4OS2. The molecule has 2 aromatic heterocycles. The Labute approximate surface area is 148 Å². The van der Waals surface area contributed by atoms with Crippen LogP contribution in [0, 0.1) is 0 Å². The molecule has 1 aliphatic carbocycles. The molecule has 1 aliphatic rings. The molecule has 0 atom stereocenters. The van der Waals surface area contributed by atoms with Crippen LogP contribution in [-0.2, 0) is 5.75 Å². The van der Waals surface area contributed by atoms with E-state index in [9.17, 15) is 4.79 Å². The molecule has 0 radical (unpaired) electrons. The molecule has 0 saturated heterocycles. The second-order valence-electron chi connectivity index (χ2n) is 5.93. The summed E-state index contributed by atoms with van der Waals surface area (Å²) in [4.78, 5) is 16.5. The minimum absolute atomic E-state index is 0.161. The Morgan fingerprint density at radius 2 is 2.17 bits per heavy atom. The second-order valence-corrected chi connectivity index (χ2v) is 8.17. The molecule has 24 heavy (non-hydrogen) atoms. The van der Waals surface area contributed by atoms with Crippen molar-refractivity contribution in [2.75, 3.05) is 5.32 Å². The van der Waals surface area contributed by atoms with Crippen molar-refractivity contribution in [3.8, 4) is 0 Å². The SMILES string of the molecule is O=c1ccnc2sc(Nc3cccc(CSC4CCCC4)c3)nn12. The van der Waals surface area contributed by atoms with Gasteiger partial charge in [-0.15, -0.1) is 5.10 Å². The van der Waals surface area contributed by atoms with Crippen LogP contribution >= 0.6 is 23.1 Å². The van der Waals surface area contributed by atoms with Crippen LogP contribution < -0.4 is 10.9 Å². The van der Waals surface area contributed by atoms with E-state index in [0.717, 1.165) is 16.7 Å². The average molecular weight is 358 g/mol. The van der Waals surface area contributed by atoms with Gasteiger partial charge in [0.2, 0.25) is 10.1 Å². The van der Waals surface area contributed by atoms with E-state index < -0.39 is 0 Å². The highest BCUT2D eigenvalue weighted by Crippen LogP contribution is 2.32. The topological polar surface area (TPSA) is 59.3 Å². The van der Waals surface area contributed by atoms with E-state index in [0.29, 0.717) is 10.1 Å². The smallest absolute Gasteiger partial charge is 0.275 e. The number of thioether (sulfide) groups is 1. The molecule has 1 aromatic carbocycles. The molecule has 5 nitrogen and oxygen atoms in total. The normalized spacial score (nSPS) is 15.2. The summed E-state index contributed by atoms with van der Waals surface area (Å²) in [6.07, 6.45) is 6.99. The Morgan fingerprint density at radius 1 is 1.29 bits per heavy atom. The third kappa shape index (κ3) is 3.47. The van der Waals surface area contributed by atoms with E-state index in [1.165, 1.54) is 59.4 Å². The molecule has 0 amide bonds. The van der Waals surface area contributed by atoms with Gasteiger partial charge in [-0.05, 0) is 30.5 Å². The lowest BCUT2D eigenvalue weighted by atomic mass is 10.2. The van der Waals surface area contributed by atoms with Gasteiger partial charge in [-0.25, -0.2) is 4.98 Å². The number of nitrogens with one attached hydrogen (secondary N) is 1. The summed E-state index contributed by atoms with van der Waals surface area (Å²) >= 11 is 3.43. The van der Waals surface area contributed by atoms with E-state index in [4.69, 9.17) is 0 Å². The van der Waals surface area contributed by atoms with Crippen molar-refractivity contribution in [2.45, 2.75) is 36.7 Å². The van der Waals surface area contributed by atoms with Gasteiger partial charge in [0.05, 0.1) is 0 Å². The van der Waals surface area contributed by atoms with Crippen LogP contribution in [0.25, 0.3) is 4.96 Å². The summed E-state index contributed by atoms with van der Waals surface area (Å²) in [7, 11) is 0. The van der Waals surface area contributed by atoms with Crippen molar-refractivity contribution in [2.24, 2.45) is 0 Å². The summed E-state index contributed by atoms with van der Waals surface area (Å²) in [6.45, 7) is 0. The van der Waals surface area contributed by atoms with E-state index in [1.54, 1.807) is 0 Å². The van der Waals surface area contributed by atoms with Crippen molar-refractivity contribution < 1.29 is 0 Å². The van der Waals surface area contributed by atoms with E-state index in [1.807, 2.05) is 6.07 Å². The number of aromatic nitrogens is 3. The number of hydrogen-bond donors (Lipinski definition) is 1. The Bertz CT molecular complexity index is 899. The first-order valence-electron chi connectivity index (χ1n) is 8.10. The molecule has 1 fully saturated rings. The second kappa shape index (κ2) is 6.94. The number of nitrogens with zero attached hydrogens (tertiary/aromatic N) is 3. The van der Waals surface area contributed by atoms with Gasteiger partial charge in [0.1, 0.15) is 0 Å². The van der Waals surface area contributed by atoms with Gasteiger partial charge < -0.3 is 5.32 Å². The molecule has 1 N–H and O–H groups in total. The molecule has 4 rings (SSSR count). The van der Waals surface area contributed by atoms with Gasteiger partial charge in [-0.1, -0.05) is 36.3 Å². The quantitative estimate of drug-likeness (QED) is 0.745. The van der Waals surface area contributed by atoms with Gasteiger partial charge in [0, 0.05) is 29.0 Å². The fraction of sp³-hybridized carbons (Fsp3) is 0.353. The molecule has 7 heteroatoms. The lowest BCUT2D eigenvalue weighted by molar-refractivity contribution is 0.886. The zero-order valence-electron chi connectivity index (χ0n) is 13.1. The monoisotopic (exact) mass is 358 g/mol. The van der Waals surface area contributed by atoms with Gasteiger partial charge in [-0.3, -0.25) is 4.79 Å². The minimum atomic E-state index is -0.161. The minimum Gasteiger partial charge on any atom is -0.330 e. The Kier molecular flexibility index (Phi) is 4.53. The molecule has 0 unspecified atom stereocenters. The number of rotatable bonds is 5. The summed E-state index contributed by atoms with van der Waals surface area (Å²) < 4.78 is 1.33. The van der Waals surface area contributed by atoms with Crippen LogP contribution in [-0.4, -0.2) is 19.8 Å². The first kappa shape index (κ1) is 15.7. The van der Waals surface area contributed by atoms with E-state index in [-0.39, 0.29) is 5.56 Å². The zero-order chi connectivity index (χ0) is 16.4. The van der Waals surface area contributed by atoms with Crippen LogP contribution in [0.1, 0.15) is 31.2 Å². The lowest BCUT2D eigenvalue weighted by Crippen LogP contribution is -2.12. The molecule has 1 saturated carbocycles. The van der Waals surface area contributed by atoms with Gasteiger partial charge >= 0.3 is 0 Å². The van der Waals surface area contributed by atoms with E-state index >= 15 is 0 Å². The molecule has 0 aliphatic heterocycles. The summed E-state index contributed by atoms with van der Waals surface area (Å²) in [5, 5.41) is 9.07. The maximum absolute atomic E-state index is 11.7. The summed E-state index contributed by atoms with van der Waals surface area (Å²) in [5.41, 5.74) is 2.14. The largest absolute Gasteiger partial charge is 0.330 e. The molecule has 124 valence electrons. The molecule has 2 heterocycles. The Hall–Kier alpha value is -1.86. The third-order valence-electron chi connectivity index (χ3n) is 4.14. The van der Waals surface area contributed by atoms with Gasteiger partial charge in [-0.2, -0.15) is 16.3 Å². The maximum atomic E-state index is 11.7. The standard InChI is InChI=1S/C17H18N4OS2/c22-15-8-9-18-17-21(15)20-16(24-17)19-13-5-3-4-12(10-13)11-23-14-6-1-2-7-14/h3-5,8-10,14H,1-2,6-7,11H2,(H,19,20). The highest BCUT2D eigenvalue weighted by Gasteiger charge is 2.15. The average Bonchev–Trinajstić information content (AvgIpc) is 3.23. The molecular weight excluding hydrogens is 340 g/mol. The maximum Gasteiger partial charge on any atom is 0.275 e. The molecule has 0 bridgehead atoms. The molecule has 3 aromatic rings. The van der Waals surface area contributed by atoms with Crippen molar-refractivity contribution in [1.82, 2.24) is 14.6 Å². The Morgan fingerprint density at radius 3 is 3.00 bits per heavy atom. The number of benzene rings is 1. The van der Waals surface area contributed by atoms with Crippen molar-refractivity contribution in [3.05, 3.63) is 52.4 Å². The van der Waals surface area contributed by atoms with Crippen molar-refractivity contribution >= 4 is 38.9 Å². The van der Waals surface area contributed by atoms with Crippen LogP contribution in [0.15, 0.2) is 41.3 Å². The number of fused-ring (bicyclic) bond motifs is 1. The van der Waals surface area contributed by atoms with Crippen LogP contribution in [0.2, 0.25) is 0 Å². The fourth-order valence-electron chi connectivity index (χ4n) is 2.93. The number of anilines is 2. The Balaban J connectivity index is 1.48.